The lowest BCUT2D eigenvalue weighted by molar-refractivity contribution is 0.956. The van der Waals surface area contributed by atoms with Crippen molar-refractivity contribution >= 4 is 5.95 Å². The first-order valence-electron chi connectivity index (χ1n) is 7.53. The van der Waals surface area contributed by atoms with Gasteiger partial charge in [-0.05, 0) is 35.6 Å². The van der Waals surface area contributed by atoms with Crippen LogP contribution in [0.15, 0.2) is 73.1 Å². The van der Waals surface area contributed by atoms with Gasteiger partial charge < -0.3 is 5.32 Å². The van der Waals surface area contributed by atoms with E-state index >= 15 is 0 Å². The summed E-state index contributed by atoms with van der Waals surface area (Å²) in [6, 6.07) is 21.1. The summed E-state index contributed by atoms with van der Waals surface area (Å²) in [4.78, 5) is 8.30. The lowest BCUT2D eigenvalue weighted by atomic mass is 10.0. The van der Waals surface area contributed by atoms with E-state index in [2.05, 4.69) is 69.9 Å². The maximum atomic E-state index is 4.15. The molecule has 0 atom stereocenters. The summed E-state index contributed by atoms with van der Waals surface area (Å²) in [5, 5.41) is 3.22. The standard InChI is InChI=1S/C19H19N3/c1-2-5-16(6-3-1)7-8-17-9-11-18(12-10-17)15-22-19-20-13-4-14-21-19/h1-6,9-14H,7-8,15H2,(H,20,21,22). The Morgan fingerprint density at radius 2 is 1.23 bits per heavy atom. The number of nitrogens with one attached hydrogen (secondary N) is 1. The predicted octanol–water partition coefficient (Wildman–Crippen LogP) is 3.87. The highest BCUT2D eigenvalue weighted by molar-refractivity contribution is 5.29. The number of rotatable bonds is 6. The van der Waals surface area contributed by atoms with Crippen LogP contribution in [0, 0.1) is 0 Å². The van der Waals surface area contributed by atoms with E-state index < -0.39 is 0 Å². The van der Waals surface area contributed by atoms with Gasteiger partial charge in [0, 0.05) is 18.9 Å². The molecule has 3 heteroatoms. The quantitative estimate of drug-likeness (QED) is 0.748. The van der Waals surface area contributed by atoms with E-state index in [1.54, 1.807) is 12.4 Å². The first-order chi connectivity index (χ1) is 10.9. The molecule has 0 aliphatic heterocycles. The zero-order chi connectivity index (χ0) is 15.0. The molecule has 1 aromatic heterocycles. The van der Waals surface area contributed by atoms with Gasteiger partial charge in [-0.1, -0.05) is 54.6 Å². The van der Waals surface area contributed by atoms with Crippen molar-refractivity contribution in [3.05, 3.63) is 89.7 Å². The molecule has 0 amide bonds. The number of hydrogen-bond acceptors (Lipinski definition) is 3. The highest BCUT2D eigenvalue weighted by atomic mass is 15.1. The summed E-state index contributed by atoms with van der Waals surface area (Å²) in [6.07, 6.45) is 5.62. The van der Waals surface area contributed by atoms with Crippen LogP contribution in [-0.2, 0) is 19.4 Å². The summed E-state index contributed by atoms with van der Waals surface area (Å²) in [7, 11) is 0. The Kier molecular flexibility index (Phi) is 4.77. The molecule has 0 saturated heterocycles. The van der Waals surface area contributed by atoms with Crippen molar-refractivity contribution < 1.29 is 0 Å². The zero-order valence-electron chi connectivity index (χ0n) is 12.4. The molecule has 0 aliphatic carbocycles. The van der Waals surface area contributed by atoms with Crippen LogP contribution < -0.4 is 5.32 Å². The van der Waals surface area contributed by atoms with Crippen LogP contribution in [0.2, 0.25) is 0 Å². The van der Waals surface area contributed by atoms with E-state index in [1.807, 2.05) is 6.07 Å². The molecule has 0 aliphatic rings. The predicted molar refractivity (Wildman–Crippen MR) is 89.7 cm³/mol. The van der Waals surface area contributed by atoms with Crippen molar-refractivity contribution in [3.8, 4) is 0 Å². The molecule has 3 rings (SSSR count). The number of benzene rings is 2. The highest BCUT2D eigenvalue weighted by Gasteiger charge is 1.98. The summed E-state index contributed by atoms with van der Waals surface area (Å²) in [5.74, 6) is 0.663. The zero-order valence-corrected chi connectivity index (χ0v) is 12.4. The number of nitrogens with zero attached hydrogens (tertiary/aromatic N) is 2. The van der Waals surface area contributed by atoms with Crippen molar-refractivity contribution in [3.63, 3.8) is 0 Å². The molecule has 22 heavy (non-hydrogen) atoms. The van der Waals surface area contributed by atoms with Gasteiger partial charge in [-0.3, -0.25) is 0 Å². The molecule has 0 spiro atoms. The van der Waals surface area contributed by atoms with Crippen molar-refractivity contribution in [1.82, 2.24) is 9.97 Å². The van der Waals surface area contributed by atoms with Crippen LogP contribution in [0.1, 0.15) is 16.7 Å². The Bertz CT molecular complexity index is 616. The van der Waals surface area contributed by atoms with Gasteiger partial charge in [0.05, 0.1) is 0 Å². The van der Waals surface area contributed by atoms with Crippen LogP contribution >= 0.6 is 0 Å². The van der Waals surface area contributed by atoms with Gasteiger partial charge in [0.15, 0.2) is 0 Å². The van der Waals surface area contributed by atoms with Crippen LogP contribution in [0.5, 0.6) is 0 Å². The number of anilines is 1. The van der Waals surface area contributed by atoms with Gasteiger partial charge >= 0.3 is 0 Å². The fourth-order valence-corrected chi connectivity index (χ4v) is 2.33. The van der Waals surface area contributed by atoms with Crippen LogP contribution in [0.3, 0.4) is 0 Å². The number of aryl methyl sites for hydroxylation is 2. The average Bonchev–Trinajstić information content (AvgIpc) is 2.61. The maximum Gasteiger partial charge on any atom is 0.222 e. The van der Waals surface area contributed by atoms with Crippen LogP contribution in [0.25, 0.3) is 0 Å². The van der Waals surface area contributed by atoms with Gasteiger partial charge in [0.2, 0.25) is 5.95 Å². The monoisotopic (exact) mass is 289 g/mol. The Morgan fingerprint density at radius 1 is 0.636 bits per heavy atom. The molecule has 3 aromatic rings. The third-order valence-corrected chi connectivity index (χ3v) is 3.58. The van der Waals surface area contributed by atoms with Crippen molar-refractivity contribution in [2.45, 2.75) is 19.4 Å². The smallest absolute Gasteiger partial charge is 0.222 e. The third kappa shape index (κ3) is 4.16. The molecule has 1 N–H and O–H groups in total. The van der Waals surface area contributed by atoms with Gasteiger partial charge in [-0.15, -0.1) is 0 Å². The van der Waals surface area contributed by atoms with Crippen LogP contribution in [-0.4, -0.2) is 9.97 Å². The summed E-state index contributed by atoms with van der Waals surface area (Å²) >= 11 is 0. The van der Waals surface area contributed by atoms with Crippen LogP contribution in [0.4, 0.5) is 5.95 Å². The summed E-state index contributed by atoms with van der Waals surface area (Å²) < 4.78 is 0. The average molecular weight is 289 g/mol. The van der Waals surface area contributed by atoms with Gasteiger partial charge in [0.1, 0.15) is 0 Å². The largest absolute Gasteiger partial charge is 0.350 e. The van der Waals surface area contributed by atoms with E-state index in [9.17, 15) is 0 Å². The lowest BCUT2D eigenvalue weighted by Crippen LogP contribution is -2.03. The summed E-state index contributed by atoms with van der Waals surface area (Å²) in [5.41, 5.74) is 3.98. The van der Waals surface area contributed by atoms with Crippen molar-refractivity contribution in [1.29, 1.82) is 0 Å². The number of aromatic nitrogens is 2. The fourth-order valence-electron chi connectivity index (χ4n) is 2.33. The topological polar surface area (TPSA) is 37.8 Å². The second-order valence-corrected chi connectivity index (χ2v) is 5.23. The first-order valence-corrected chi connectivity index (χ1v) is 7.53. The number of hydrogen-bond donors (Lipinski definition) is 1. The molecule has 0 bridgehead atoms. The molecule has 2 aromatic carbocycles. The molecule has 1 heterocycles. The first kappa shape index (κ1) is 14.3. The van der Waals surface area contributed by atoms with Gasteiger partial charge in [-0.25, -0.2) is 9.97 Å². The van der Waals surface area contributed by atoms with E-state index in [4.69, 9.17) is 0 Å². The lowest BCUT2D eigenvalue weighted by Gasteiger charge is -2.06. The molecule has 110 valence electrons. The molecule has 3 nitrogen and oxygen atoms in total. The van der Waals surface area contributed by atoms with Gasteiger partial charge in [0.25, 0.3) is 0 Å². The Morgan fingerprint density at radius 3 is 1.91 bits per heavy atom. The minimum atomic E-state index is 0.663. The van der Waals surface area contributed by atoms with E-state index in [0.717, 1.165) is 19.4 Å². The Balaban J connectivity index is 1.52. The molecule has 0 radical (unpaired) electrons. The van der Waals surface area contributed by atoms with Crippen molar-refractivity contribution in [2.24, 2.45) is 0 Å². The Hall–Kier alpha value is -2.68. The molecule has 0 unspecified atom stereocenters. The summed E-state index contributed by atoms with van der Waals surface area (Å²) in [6.45, 7) is 0.739. The minimum Gasteiger partial charge on any atom is -0.350 e. The minimum absolute atomic E-state index is 0.663. The highest BCUT2D eigenvalue weighted by Crippen LogP contribution is 2.10. The van der Waals surface area contributed by atoms with Crippen molar-refractivity contribution in [2.75, 3.05) is 5.32 Å². The molecular formula is C19H19N3. The van der Waals surface area contributed by atoms with E-state index in [0.29, 0.717) is 5.95 Å². The normalized spacial score (nSPS) is 10.4. The maximum absolute atomic E-state index is 4.15. The molecule has 0 saturated carbocycles. The Labute approximate surface area is 131 Å². The second-order valence-electron chi connectivity index (χ2n) is 5.23. The van der Waals surface area contributed by atoms with Gasteiger partial charge in [-0.2, -0.15) is 0 Å². The molecular weight excluding hydrogens is 270 g/mol. The fraction of sp³-hybridized carbons (Fsp3) is 0.158. The SMILES string of the molecule is c1ccc(CCc2ccc(CNc3ncccn3)cc2)cc1. The van der Waals surface area contributed by atoms with E-state index in [1.165, 1.54) is 16.7 Å². The van der Waals surface area contributed by atoms with E-state index in [-0.39, 0.29) is 0 Å². The second kappa shape index (κ2) is 7.36. The third-order valence-electron chi connectivity index (χ3n) is 3.58. The molecule has 0 fully saturated rings.